The van der Waals surface area contributed by atoms with E-state index in [1.165, 1.54) is 5.56 Å². The maximum absolute atomic E-state index is 5.84. The zero-order chi connectivity index (χ0) is 18.2. The minimum atomic E-state index is 0.666. The van der Waals surface area contributed by atoms with Gasteiger partial charge < -0.3 is 14.5 Å². The van der Waals surface area contributed by atoms with E-state index in [2.05, 4.69) is 29.4 Å². The summed E-state index contributed by atoms with van der Waals surface area (Å²) in [5.41, 5.74) is 3.29. The average molecular weight is 350 g/mol. The lowest BCUT2D eigenvalue weighted by molar-refractivity contribution is 0.310. The van der Waals surface area contributed by atoms with E-state index in [9.17, 15) is 0 Å². The molecular weight excluding hydrogens is 324 g/mol. The van der Waals surface area contributed by atoms with E-state index < -0.39 is 0 Å². The van der Waals surface area contributed by atoms with Gasteiger partial charge in [-0.15, -0.1) is 0 Å². The third kappa shape index (κ3) is 4.96. The Balaban J connectivity index is 1.47. The Labute approximate surface area is 155 Å². The highest BCUT2D eigenvalue weighted by molar-refractivity contribution is 5.53. The highest BCUT2D eigenvalue weighted by Gasteiger charge is 2.10. The van der Waals surface area contributed by atoms with E-state index in [1.807, 2.05) is 49.4 Å². The Morgan fingerprint density at radius 2 is 1.81 bits per heavy atom. The molecule has 0 aliphatic carbocycles. The van der Waals surface area contributed by atoms with Crippen LogP contribution in [0.5, 0.6) is 5.75 Å². The predicted molar refractivity (Wildman–Crippen MR) is 104 cm³/mol. The summed E-state index contributed by atoms with van der Waals surface area (Å²) in [6.45, 7) is 6.62. The maximum Gasteiger partial charge on any atom is 0.226 e. The third-order valence-electron chi connectivity index (χ3n) is 4.24. The van der Waals surface area contributed by atoms with Crippen molar-refractivity contribution in [3.63, 3.8) is 0 Å². The highest BCUT2D eigenvalue weighted by Crippen LogP contribution is 2.22. The van der Waals surface area contributed by atoms with E-state index in [0.29, 0.717) is 12.5 Å². The number of nitrogens with zero attached hydrogens (tertiary/aromatic N) is 1. The van der Waals surface area contributed by atoms with E-state index in [1.54, 1.807) is 0 Å². The van der Waals surface area contributed by atoms with Gasteiger partial charge in [-0.05, 0) is 56.1 Å². The van der Waals surface area contributed by atoms with Gasteiger partial charge in [-0.3, -0.25) is 0 Å². The lowest BCUT2D eigenvalue weighted by Crippen LogP contribution is -2.11. The fourth-order valence-corrected chi connectivity index (χ4v) is 2.77. The molecule has 4 nitrogen and oxygen atoms in total. The first-order valence-electron chi connectivity index (χ1n) is 9.20. The van der Waals surface area contributed by atoms with Crippen molar-refractivity contribution in [3.05, 3.63) is 71.6 Å². The molecule has 0 saturated carbocycles. The predicted octanol–water partition coefficient (Wildman–Crippen LogP) is 4.77. The summed E-state index contributed by atoms with van der Waals surface area (Å²) in [4.78, 5) is 4.64. The number of benzene rings is 2. The number of aryl methyl sites for hydroxylation is 2. The highest BCUT2D eigenvalue weighted by atomic mass is 16.5. The fourth-order valence-electron chi connectivity index (χ4n) is 2.77. The van der Waals surface area contributed by atoms with Crippen LogP contribution < -0.4 is 10.1 Å². The Hall–Kier alpha value is -2.59. The lowest BCUT2D eigenvalue weighted by Gasteiger charge is -2.07. The van der Waals surface area contributed by atoms with Crippen LogP contribution >= 0.6 is 0 Å². The average Bonchev–Trinajstić information content (AvgIpc) is 3.06. The molecule has 0 amide bonds. The van der Waals surface area contributed by atoms with Gasteiger partial charge in [0.1, 0.15) is 11.5 Å². The summed E-state index contributed by atoms with van der Waals surface area (Å²) in [6, 6.07) is 18.3. The van der Waals surface area contributed by atoms with Crippen molar-refractivity contribution in [2.45, 2.75) is 33.2 Å². The molecule has 136 valence electrons. The molecule has 26 heavy (non-hydrogen) atoms. The zero-order valence-electron chi connectivity index (χ0n) is 15.5. The van der Waals surface area contributed by atoms with Crippen LogP contribution in [0.2, 0.25) is 0 Å². The molecule has 4 heteroatoms. The molecule has 3 aromatic rings. The van der Waals surface area contributed by atoms with E-state index in [0.717, 1.165) is 48.7 Å². The van der Waals surface area contributed by atoms with Crippen LogP contribution in [0.15, 0.2) is 59.0 Å². The molecule has 1 heterocycles. The Morgan fingerprint density at radius 1 is 1.04 bits per heavy atom. The summed E-state index contributed by atoms with van der Waals surface area (Å²) < 4.78 is 11.6. The molecule has 1 N–H and O–H groups in total. The standard InChI is InChI=1S/C22H26N2O2/c1-3-23-16-18-11-13-20(14-12-18)25-15-7-10-21-17(2)26-22(24-21)19-8-5-4-6-9-19/h4-6,8-9,11-14,23H,3,7,10,15-16H2,1-2H3. The molecular formula is C22H26N2O2. The van der Waals surface area contributed by atoms with Gasteiger partial charge in [0.05, 0.1) is 12.3 Å². The van der Waals surface area contributed by atoms with Gasteiger partial charge in [0.2, 0.25) is 5.89 Å². The molecule has 0 aliphatic rings. The molecule has 0 saturated heterocycles. The Bertz CT molecular complexity index is 795. The number of hydrogen-bond donors (Lipinski definition) is 1. The van der Waals surface area contributed by atoms with Crippen LogP contribution in [0.4, 0.5) is 0 Å². The zero-order valence-corrected chi connectivity index (χ0v) is 15.5. The molecule has 0 bridgehead atoms. The molecule has 0 aliphatic heterocycles. The van der Waals surface area contributed by atoms with Gasteiger partial charge in [0, 0.05) is 12.1 Å². The number of hydrogen-bond acceptors (Lipinski definition) is 4. The minimum absolute atomic E-state index is 0.666. The van der Waals surface area contributed by atoms with Crippen LogP contribution in [0.3, 0.4) is 0 Å². The molecule has 0 atom stereocenters. The normalized spacial score (nSPS) is 10.8. The minimum Gasteiger partial charge on any atom is -0.494 e. The lowest BCUT2D eigenvalue weighted by atomic mass is 10.2. The molecule has 3 rings (SSSR count). The number of rotatable bonds is 9. The summed E-state index contributed by atoms with van der Waals surface area (Å²) in [5, 5.41) is 3.32. The van der Waals surface area contributed by atoms with Gasteiger partial charge in [-0.2, -0.15) is 0 Å². The first-order chi connectivity index (χ1) is 12.8. The molecule has 2 aromatic carbocycles. The summed E-state index contributed by atoms with van der Waals surface area (Å²) in [7, 11) is 0. The second kappa shape index (κ2) is 9.20. The molecule has 1 aromatic heterocycles. The topological polar surface area (TPSA) is 47.3 Å². The number of aromatic nitrogens is 1. The van der Waals surface area contributed by atoms with Crippen LogP contribution in [-0.4, -0.2) is 18.1 Å². The molecule has 0 radical (unpaired) electrons. The number of oxazole rings is 1. The monoisotopic (exact) mass is 350 g/mol. The smallest absolute Gasteiger partial charge is 0.226 e. The first kappa shape index (κ1) is 18.2. The van der Waals surface area contributed by atoms with E-state index >= 15 is 0 Å². The van der Waals surface area contributed by atoms with Crippen LogP contribution in [0.1, 0.15) is 30.4 Å². The molecule has 0 spiro atoms. The fraction of sp³-hybridized carbons (Fsp3) is 0.318. The van der Waals surface area contributed by atoms with Crippen molar-refractivity contribution in [1.82, 2.24) is 10.3 Å². The summed E-state index contributed by atoms with van der Waals surface area (Å²) in [6.07, 6.45) is 1.75. The molecule has 0 unspecified atom stereocenters. The third-order valence-corrected chi connectivity index (χ3v) is 4.24. The van der Waals surface area contributed by atoms with Crippen molar-refractivity contribution in [3.8, 4) is 17.2 Å². The van der Waals surface area contributed by atoms with Crippen molar-refractivity contribution in [2.24, 2.45) is 0 Å². The van der Waals surface area contributed by atoms with Crippen molar-refractivity contribution >= 4 is 0 Å². The van der Waals surface area contributed by atoms with Gasteiger partial charge in [-0.25, -0.2) is 4.98 Å². The van der Waals surface area contributed by atoms with E-state index in [-0.39, 0.29) is 0 Å². The van der Waals surface area contributed by atoms with E-state index in [4.69, 9.17) is 9.15 Å². The second-order valence-electron chi connectivity index (χ2n) is 6.26. The van der Waals surface area contributed by atoms with Crippen LogP contribution in [-0.2, 0) is 13.0 Å². The van der Waals surface area contributed by atoms with Gasteiger partial charge in [-0.1, -0.05) is 37.3 Å². The second-order valence-corrected chi connectivity index (χ2v) is 6.26. The maximum atomic E-state index is 5.84. The number of nitrogens with one attached hydrogen (secondary N) is 1. The van der Waals surface area contributed by atoms with Gasteiger partial charge in [0.25, 0.3) is 0 Å². The van der Waals surface area contributed by atoms with Crippen LogP contribution in [0, 0.1) is 6.92 Å². The quantitative estimate of drug-likeness (QED) is 0.565. The summed E-state index contributed by atoms with van der Waals surface area (Å²) in [5.74, 6) is 2.49. The first-order valence-corrected chi connectivity index (χ1v) is 9.20. The SMILES string of the molecule is CCNCc1ccc(OCCCc2nc(-c3ccccc3)oc2C)cc1. The molecule has 0 fully saturated rings. The summed E-state index contributed by atoms with van der Waals surface area (Å²) >= 11 is 0. The van der Waals surface area contributed by atoms with Gasteiger partial charge >= 0.3 is 0 Å². The Kier molecular flexibility index (Phi) is 6.45. The van der Waals surface area contributed by atoms with Crippen LogP contribution in [0.25, 0.3) is 11.5 Å². The largest absolute Gasteiger partial charge is 0.494 e. The number of ether oxygens (including phenoxy) is 1. The van der Waals surface area contributed by atoms with Crippen molar-refractivity contribution in [1.29, 1.82) is 0 Å². The van der Waals surface area contributed by atoms with Crippen molar-refractivity contribution < 1.29 is 9.15 Å². The van der Waals surface area contributed by atoms with Gasteiger partial charge in [0.15, 0.2) is 0 Å². The Morgan fingerprint density at radius 3 is 2.54 bits per heavy atom. The van der Waals surface area contributed by atoms with Crippen molar-refractivity contribution in [2.75, 3.05) is 13.2 Å².